The van der Waals surface area contributed by atoms with Crippen LogP contribution in [0.3, 0.4) is 0 Å². The molecule has 10 heteroatoms. The minimum atomic E-state index is -4.64. The summed E-state index contributed by atoms with van der Waals surface area (Å²) in [7, 11) is 0. The van der Waals surface area contributed by atoms with E-state index in [1.807, 2.05) is 0 Å². The number of aromatic nitrogens is 3. The second-order valence-electron chi connectivity index (χ2n) is 5.93. The highest BCUT2D eigenvalue weighted by molar-refractivity contribution is 5.97. The number of carboxylic acid groups (broad SMARTS) is 1. The number of aliphatic carboxylic acids is 1. The molecule has 0 spiro atoms. The van der Waals surface area contributed by atoms with Crippen LogP contribution >= 0.6 is 0 Å². The number of benzene rings is 1. The number of halogens is 4. The first-order valence-electron chi connectivity index (χ1n) is 7.72. The van der Waals surface area contributed by atoms with Crippen molar-refractivity contribution in [1.82, 2.24) is 14.3 Å². The fourth-order valence-corrected chi connectivity index (χ4v) is 2.98. The monoisotopic (exact) mass is 383 g/mol. The molecule has 3 rings (SSSR count). The summed E-state index contributed by atoms with van der Waals surface area (Å²) in [6.45, 7) is -0.436. The van der Waals surface area contributed by atoms with E-state index in [9.17, 15) is 27.2 Å². The van der Waals surface area contributed by atoms with Crippen molar-refractivity contribution in [3.63, 3.8) is 0 Å². The fraction of sp³-hybridized carbons (Fsp3) is 0.235. The lowest BCUT2D eigenvalue weighted by Gasteiger charge is -2.10. The van der Waals surface area contributed by atoms with Crippen LogP contribution in [0.2, 0.25) is 0 Å². The molecule has 3 aromatic rings. The Morgan fingerprint density at radius 1 is 1.22 bits per heavy atom. The smallest absolute Gasteiger partial charge is 0.408 e. The maximum Gasteiger partial charge on any atom is 0.408 e. The lowest BCUT2D eigenvalue weighted by Crippen LogP contribution is -2.29. The molecule has 0 saturated carbocycles. The lowest BCUT2D eigenvalue weighted by molar-refractivity contribution is -0.143. The van der Waals surface area contributed by atoms with Crippen molar-refractivity contribution in [2.24, 2.45) is 0 Å². The van der Waals surface area contributed by atoms with Gasteiger partial charge in [-0.05, 0) is 31.2 Å². The van der Waals surface area contributed by atoms with Crippen LogP contribution < -0.4 is 5.56 Å². The summed E-state index contributed by atoms with van der Waals surface area (Å²) in [5, 5.41) is 13.2. The fourth-order valence-electron chi connectivity index (χ4n) is 2.98. The van der Waals surface area contributed by atoms with Crippen LogP contribution in [0.1, 0.15) is 5.69 Å². The molecule has 6 nitrogen and oxygen atoms in total. The standard InChI is InChI=1S/C17H13F4N3O3/c1-9-16(12-3-5-14(25)24(22-12)8-17(19,20)21)11-6-10(18)2-4-13(11)23(9)7-15(26)27/h2-6H,7-8H2,1H3,(H,26,27). The number of fused-ring (bicyclic) bond motifs is 1. The highest BCUT2D eigenvalue weighted by Gasteiger charge is 2.29. The maximum atomic E-state index is 13.8. The van der Waals surface area contributed by atoms with Gasteiger partial charge >= 0.3 is 12.1 Å². The van der Waals surface area contributed by atoms with Gasteiger partial charge in [0, 0.05) is 28.2 Å². The van der Waals surface area contributed by atoms with Gasteiger partial charge in [-0.15, -0.1) is 0 Å². The van der Waals surface area contributed by atoms with Gasteiger partial charge in [0.05, 0.1) is 5.69 Å². The molecule has 0 radical (unpaired) electrons. The SMILES string of the molecule is Cc1c(-c2ccc(=O)n(CC(F)(F)F)n2)c2cc(F)ccc2n1CC(=O)O. The second-order valence-corrected chi connectivity index (χ2v) is 5.93. The number of alkyl halides is 3. The van der Waals surface area contributed by atoms with Gasteiger partial charge in [-0.2, -0.15) is 18.3 Å². The molecule has 0 fully saturated rings. The molecule has 0 atom stereocenters. The Hall–Kier alpha value is -3.17. The van der Waals surface area contributed by atoms with Crippen LogP contribution in [-0.4, -0.2) is 31.6 Å². The summed E-state index contributed by atoms with van der Waals surface area (Å²) >= 11 is 0. The zero-order valence-corrected chi connectivity index (χ0v) is 13.9. The summed E-state index contributed by atoms with van der Waals surface area (Å²) in [4.78, 5) is 22.8. The highest BCUT2D eigenvalue weighted by Crippen LogP contribution is 2.34. The average molecular weight is 383 g/mol. The normalized spacial score (nSPS) is 11.9. The van der Waals surface area contributed by atoms with Crippen molar-refractivity contribution in [2.75, 3.05) is 0 Å². The van der Waals surface area contributed by atoms with Crippen molar-refractivity contribution in [3.8, 4) is 11.3 Å². The Kier molecular flexibility index (Phi) is 4.50. The number of hydrogen-bond acceptors (Lipinski definition) is 3. The van der Waals surface area contributed by atoms with Crippen LogP contribution in [0.5, 0.6) is 0 Å². The molecule has 2 heterocycles. The molecule has 1 aromatic carbocycles. The summed E-state index contributed by atoms with van der Waals surface area (Å²) < 4.78 is 53.4. The topological polar surface area (TPSA) is 77.1 Å². The molecule has 1 N–H and O–H groups in total. The van der Waals surface area contributed by atoms with Gasteiger partial charge in [-0.1, -0.05) is 0 Å². The predicted molar refractivity (Wildman–Crippen MR) is 87.8 cm³/mol. The second kappa shape index (κ2) is 6.53. The zero-order chi connectivity index (χ0) is 19.9. The summed E-state index contributed by atoms with van der Waals surface area (Å²) in [5.74, 6) is -1.74. The molecule has 27 heavy (non-hydrogen) atoms. The third-order valence-electron chi connectivity index (χ3n) is 4.03. The van der Waals surface area contributed by atoms with Gasteiger partial charge in [-0.3, -0.25) is 9.59 Å². The zero-order valence-electron chi connectivity index (χ0n) is 13.9. The Bertz CT molecular complexity index is 1100. The Balaban J connectivity index is 2.27. The molecule has 0 amide bonds. The molecular weight excluding hydrogens is 370 g/mol. The molecular formula is C17H13F4N3O3. The highest BCUT2D eigenvalue weighted by atomic mass is 19.4. The number of hydrogen-bond donors (Lipinski definition) is 1. The van der Waals surface area contributed by atoms with Gasteiger partial charge in [-0.25, -0.2) is 9.07 Å². The Labute approximate surface area is 149 Å². The molecule has 0 unspecified atom stereocenters. The summed E-state index contributed by atoms with van der Waals surface area (Å²) in [6.07, 6.45) is -4.64. The molecule has 0 saturated heterocycles. The van der Waals surface area contributed by atoms with Gasteiger partial charge < -0.3 is 9.67 Å². The first-order valence-corrected chi connectivity index (χ1v) is 7.72. The third kappa shape index (κ3) is 3.69. The number of nitrogens with zero attached hydrogens (tertiary/aromatic N) is 3. The van der Waals surface area contributed by atoms with E-state index in [-0.39, 0.29) is 15.9 Å². The van der Waals surface area contributed by atoms with Crippen molar-refractivity contribution in [2.45, 2.75) is 26.2 Å². The van der Waals surface area contributed by atoms with E-state index in [2.05, 4.69) is 5.10 Å². The van der Waals surface area contributed by atoms with E-state index in [0.29, 0.717) is 16.6 Å². The van der Waals surface area contributed by atoms with E-state index in [4.69, 9.17) is 5.11 Å². The number of carbonyl (C=O) groups is 1. The van der Waals surface area contributed by atoms with Crippen LogP contribution in [0.4, 0.5) is 17.6 Å². The van der Waals surface area contributed by atoms with Crippen molar-refractivity contribution in [1.29, 1.82) is 0 Å². The molecule has 0 aliphatic rings. The first kappa shape index (κ1) is 18.6. The lowest BCUT2D eigenvalue weighted by atomic mass is 10.1. The number of carboxylic acids is 1. The van der Waals surface area contributed by atoms with Crippen LogP contribution in [0.25, 0.3) is 22.2 Å². The third-order valence-corrected chi connectivity index (χ3v) is 4.03. The van der Waals surface area contributed by atoms with E-state index in [1.165, 1.54) is 16.7 Å². The van der Waals surface area contributed by atoms with Crippen molar-refractivity contribution < 1.29 is 27.5 Å². The van der Waals surface area contributed by atoms with Crippen LogP contribution in [0.15, 0.2) is 35.1 Å². The average Bonchev–Trinajstić information content (AvgIpc) is 2.79. The van der Waals surface area contributed by atoms with Gasteiger partial charge in [0.1, 0.15) is 18.9 Å². The Morgan fingerprint density at radius 2 is 1.93 bits per heavy atom. The quantitative estimate of drug-likeness (QED) is 0.703. The van der Waals surface area contributed by atoms with E-state index in [1.54, 1.807) is 6.92 Å². The van der Waals surface area contributed by atoms with Gasteiger partial charge in [0.15, 0.2) is 0 Å². The summed E-state index contributed by atoms with van der Waals surface area (Å²) in [6, 6.07) is 5.86. The molecule has 142 valence electrons. The largest absolute Gasteiger partial charge is 0.480 e. The number of rotatable bonds is 4. The minimum absolute atomic E-state index is 0.0103. The van der Waals surface area contributed by atoms with Crippen LogP contribution in [0, 0.1) is 12.7 Å². The minimum Gasteiger partial charge on any atom is -0.480 e. The van der Waals surface area contributed by atoms with Gasteiger partial charge in [0.2, 0.25) is 0 Å². The Morgan fingerprint density at radius 3 is 2.56 bits per heavy atom. The van der Waals surface area contributed by atoms with Crippen molar-refractivity contribution in [3.05, 3.63) is 52.2 Å². The maximum absolute atomic E-state index is 13.8. The first-order chi connectivity index (χ1) is 12.6. The van der Waals surface area contributed by atoms with Crippen molar-refractivity contribution >= 4 is 16.9 Å². The molecule has 0 aliphatic heterocycles. The van der Waals surface area contributed by atoms with Gasteiger partial charge in [0.25, 0.3) is 5.56 Å². The van der Waals surface area contributed by atoms with E-state index < -0.39 is 36.6 Å². The van der Waals surface area contributed by atoms with E-state index >= 15 is 0 Å². The van der Waals surface area contributed by atoms with Crippen LogP contribution in [-0.2, 0) is 17.9 Å². The molecule has 0 aliphatic carbocycles. The molecule has 0 bridgehead atoms. The summed E-state index contributed by atoms with van der Waals surface area (Å²) in [5.41, 5.74) is 0.108. The predicted octanol–water partition coefficient (Wildman–Crippen LogP) is 2.96. The van der Waals surface area contributed by atoms with E-state index in [0.717, 1.165) is 18.2 Å². The molecule has 2 aromatic heterocycles.